The van der Waals surface area contributed by atoms with Crippen molar-refractivity contribution < 1.29 is 8.42 Å². The van der Waals surface area contributed by atoms with Crippen LogP contribution in [0, 0.1) is 0 Å². The molecule has 7 heteroatoms. The summed E-state index contributed by atoms with van der Waals surface area (Å²) in [5, 5.41) is 1.43. The van der Waals surface area contributed by atoms with Crippen LogP contribution in [0.4, 0.5) is 0 Å². The third-order valence-corrected chi connectivity index (χ3v) is 4.79. The minimum Gasteiger partial charge on any atom is -0.347 e. The molecule has 1 atom stereocenters. The van der Waals surface area contributed by atoms with Crippen molar-refractivity contribution in [3.8, 4) is 0 Å². The maximum absolute atomic E-state index is 12.6. The number of imidazole rings is 1. The van der Waals surface area contributed by atoms with E-state index in [1.807, 2.05) is 6.07 Å². The van der Waals surface area contributed by atoms with Gasteiger partial charge in [0.15, 0.2) is 0 Å². The summed E-state index contributed by atoms with van der Waals surface area (Å²) >= 11 is 0. The first kappa shape index (κ1) is 13.7. The zero-order chi connectivity index (χ0) is 14.9. The Morgan fingerprint density at radius 1 is 1.24 bits per heavy atom. The molecule has 1 aromatic carbocycles. The second kappa shape index (κ2) is 5.27. The lowest BCUT2D eigenvalue weighted by atomic mass is 10.2. The summed E-state index contributed by atoms with van der Waals surface area (Å²) in [5.41, 5.74) is 0. The number of fused-ring (bicyclic) bond motifs is 1. The first-order valence-corrected chi connectivity index (χ1v) is 7.90. The maximum atomic E-state index is 12.6. The van der Waals surface area contributed by atoms with Gasteiger partial charge in [0.25, 0.3) is 0 Å². The fourth-order valence-electron chi connectivity index (χ4n) is 2.19. The molecule has 0 saturated carbocycles. The van der Waals surface area contributed by atoms with Gasteiger partial charge < -0.3 is 4.98 Å². The Balaban J connectivity index is 2.01. The fourth-order valence-corrected chi connectivity index (χ4v) is 3.63. The number of sulfonamides is 1. The number of nitrogens with one attached hydrogen (secondary N) is 2. The lowest BCUT2D eigenvalue weighted by Gasteiger charge is -2.13. The van der Waals surface area contributed by atoms with Gasteiger partial charge in [0.1, 0.15) is 5.82 Å². The highest BCUT2D eigenvalue weighted by molar-refractivity contribution is 7.89. The van der Waals surface area contributed by atoms with Crippen molar-refractivity contribution in [3.05, 3.63) is 54.9 Å². The monoisotopic (exact) mass is 302 g/mol. The number of hydrogen-bond acceptors (Lipinski definition) is 4. The lowest BCUT2D eigenvalue weighted by molar-refractivity contribution is 0.562. The molecule has 0 radical (unpaired) electrons. The van der Waals surface area contributed by atoms with Crippen LogP contribution in [0.3, 0.4) is 0 Å². The van der Waals surface area contributed by atoms with E-state index in [2.05, 4.69) is 19.7 Å². The number of aromatic amines is 1. The first-order valence-electron chi connectivity index (χ1n) is 6.42. The summed E-state index contributed by atoms with van der Waals surface area (Å²) in [5.74, 6) is 0.570. The molecule has 3 rings (SSSR count). The van der Waals surface area contributed by atoms with Crippen molar-refractivity contribution in [3.63, 3.8) is 0 Å². The fraction of sp³-hybridized carbons (Fsp3) is 0.143. The highest BCUT2D eigenvalue weighted by atomic mass is 32.2. The van der Waals surface area contributed by atoms with Crippen LogP contribution in [-0.2, 0) is 10.0 Å². The Morgan fingerprint density at radius 3 is 2.86 bits per heavy atom. The molecule has 0 saturated heterocycles. The van der Waals surface area contributed by atoms with Crippen molar-refractivity contribution in [2.75, 3.05) is 0 Å². The van der Waals surface area contributed by atoms with Crippen LogP contribution in [0.5, 0.6) is 0 Å². The Morgan fingerprint density at radius 2 is 2.10 bits per heavy atom. The van der Waals surface area contributed by atoms with Gasteiger partial charge in [-0.1, -0.05) is 12.1 Å². The van der Waals surface area contributed by atoms with Crippen molar-refractivity contribution in [1.82, 2.24) is 19.7 Å². The second-order valence-electron chi connectivity index (χ2n) is 4.67. The van der Waals surface area contributed by atoms with E-state index in [0.29, 0.717) is 11.2 Å². The summed E-state index contributed by atoms with van der Waals surface area (Å²) in [6.07, 6.45) is 6.47. The number of benzene rings is 1. The molecule has 2 N–H and O–H groups in total. The standard InChI is InChI=1S/C14H14N4O2S/c1-10(14-16-7-8-17-14)18-21(19,20)13-4-2-3-11-9-15-6-5-12(11)13/h2-10,18H,1H3,(H,16,17). The van der Waals surface area contributed by atoms with Crippen molar-refractivity contribution in [2.45, 2.75) is 17.9 Å². The maximum Gasteiger partial charge on any atom is 0.241 e. The molecule has 0 fully saturated rings. The number of hydrogen-bond donors (Lipinski definition) is 2. The average Bonchev–Trinajstić information content (AvgIpc) is 3.00. The third-order valence-electron chi connectivity index (χ3n) is 3.19. The topological polar surface area (TPSA) is 87.7 Å². The molecule has 0 aliphatic rings. The van der Waals surface area contributed by atoms with Crippen LogP contribution >= 0.6 is 0 Å². The zero-order valence-electron chi connectivity index (χ0n) is 11.3. The van der Waals surface area contributed by atoms with E-state index in [0.717, 1.165) is 5.39 Å². The van der Waals surface area contributed by atoms with Crippen LogP contribution in [0.1, 0.15) is 18.8 Å². The van der Waals surface area contributed by atoms with E-state index in [4.69, 9.17) is 0 Å². The van der Waals surface area contributed by atoms with E-state index < -0.39 is 16.1 Å². The van der Waals surface area contributed by atoms with Crippen molar-refractivity contribution >= 4 is 20.8 Å². The summed E-state index contributed by atoms with van der Waals surface area (Å²) in [6.45, 7) is 1.74. The van der Waals surface area contributed by atoms with Crippen LogP contribution in [0.15, 0.2) is 53.9 Å². The van der Waals surface area contributed by atoms with E-state index in [1.54, 1.807) is 49.9 Å². The van der Waals surface area contributed by atoms with Crippen LogP contribution in [0.2, 0.25) is 0 Å². The first-order chi connectivity index (χ1) is 10.1. The predicted molar refractivity (Wildman–Crippen MR) is 79.1 cm³/mol. The Hall–Kier alpha value is -2.25. The number of nitrogens with zero attached hydrogens (tertiary/aromatic N) is 2. The van der Waals surface area contributed by atoms with E-state index in [9.17, 15) is 8.42 Å². The van der Waals surface area contributed by atoms with Gasteiger partial charge in [-0.3, -0.25) is 4.98 Å². The van der Waals surface area contributed by atoms with Gasteiger partial charge in [0.05, 0.1) is 10.9 Å². The normalized spacial score (nSPS) is 13.4. The molecule has 0 bridgehead atoms. The lowest BCUT2D eigenvalue weighted by Crippen LogP contribution is -2.27. The Kier molecular flexibility index (Phi) is 3.44. The van der Waals surface area contributed by atoms with Gasteiger partial charge in [-0.25, -0.2) is 18.1 Å². The third kappa shape index (κ3) is 2.65. The molecule has 0 amide bonds. The summed E-state index contributed by atoms with van der Waals surface area (Å²) in [7, 11) is -3.65. The summed E-state index contributed by atoms with van der Waals surface area (Å²) in [4.78, 5) is 11.2. The Bertz CT molecular complexity index is 854. The highest BCUT2D eigenvalue weighted by Crippen LogP contribution is 2.23. The molecule has 6 nitrogen and oxygen atoms in total. The minimum atomic E-state index is -3.65. The van der Waals surface area contributed by atoms with E-state index in [-0.39, 0.29) is 4.90 Å². The van der Waals surface area contributed by atoms with E-state index in [1.165, 1.54) is 0 Å². The molecular weight excluding hydrogens is 288 g/mol. The quantitative estimate of drug-likeness (QED) is 0.771. The molecule has 2 heterocycles. The van der Waals surface area contributed by atoms with Crippen molar-refractivity contribution in [1.29, 1.82) is 0 Å². The molecule has 0 spiro atoms. The van der Waals surface area contributed by atoms with Gasteiger partial charge >= 0.3 is 0 Å². The Labute approximate surface area is 122 Å². The molecular formula is C14H14N4O2S. The second-order valence-corrected chi connectivity index (χ2v) is 6.35. The summed E-state index contributed by atoms with van der Waals surface area (Å²) < 4.78 is 27.8. The van der Waals surface area contributed by atoms with Gasteiger partial charge in [-0.2, -0.15) is 0 Å². The molecule has 108 valence electrons. The SMILES string of the molecule is CC(NS(=O)(=O)c1cccc2cnccc12)c1ncc[nH]1. The smallest absolute Gasteiger partial charge is 0.241 e. The largest absolute Gasteiger partial charge is 0.347 e. The molecule has 2 aromatic heterocycles. The summed E-state index contributed by atoms with van der Waals surface area (Å²) in [6, 6.07) is 6.37. The van der Waals surface area contributed by atoms with Gasteiger partial charge in [-0.15, -0.1) is 0 Å². The number of pyridine rings is 1. The highest BCUT2D eigenvalue weighted by Gasteiger charge is 2.21. The molecule has 0 aliphatic heterocycles. The zero-order valence-corrected chi connectivity index (χ0v) is 12.1. The number of H-pyrrole nitrogens is 1. The van der Waals surface area contributed by atoms with Crippen LogP contribution in [0.25, 0.3) is 10.8 Å². The number of rotatable bonds is 4. The van der Waals surface area contributed by atoms with Crippen LogP contribution in [-0.4, -0.2) is 23.4 Å². The van der Waals surface area contributed by atoms with Gasteiger partial charge in [0, 0.05) is 35.6 Å². The molecule has 1 unspecified atom stereocenters. The van der Waals surface area contributed by atoms with Gasteiger partial charge in [0.2, 0.25) is 10.0 Å². The molecule has 0 aliphatic carbocycles. The number of aromatic nitrogens is 3. The average molecular weight is 302 g/mol. The predicted octanol–water partition coefficient (Wildman–Crippen LogP) is 2.00. The molecule has 21 heavy (non-hydrogen) atoms. The van der Waals surface area contributed by atoms with Crippen molar-refractivity contribution in [2.24, 2.45) is 0 Å². The van der Waals surface area contributed by atoms with Gasteiger partial charge in [-0.05, 0) is 19.1 Å². The van der Waals surface area contributed by atoms with Crippen LogP contribution < -0.4 is 4.72 Å². The molecule has 3 aromatic rings. The minimum absolute atomic E-state index is 0.237. The van der Waals surface area contributed by atoms with E-state index >= 15 is 0 Å².